The molecule has 0 radical (unpaired) electrons. The predicted molar refractivity (Wildman–Crippen MR) is 29.3 cm³/mol. The summed E-state index contributed by atoms with van der Waals surface area (Å²) in [5, 5.41) is -10.5. The molecule has 1 heterocycles. The van der Waals surface area contributed by atoms with Crippen LogP contribution in [0.5, 0.6) is 0 Å². The van der Waals surface area contributed by atoms with E-state index in [1.807, 2.05) is 0 Å². The van der Waals surface area contributed by atoms with Gasteiger partial charge in [-0.1, -0.05) is 0 Å². The topological polar surface area (TPSA) is 12.0 Å². The summed E-state index contributed by atoms with van der Waals surface area (Å²) in [4.78, 5) is 0. The third kappa shape index (κ3) is 0.888. The molecular formula is C3HF8NS. The molecule has 0 aliphatic carbocycles. The van der Waals surface area contributed by atoms with Crippen LogP contribution in [-0.4, -0.2) is 5.38 Å². The van der Waals surface area contributed by atoms with Crippen molar-refractivity contribution in [2.45, 2.75) is 5.38 Å². The number of alkyl halides is 2. The van der Waals surface area contributed by atoms with Gasteiger partial charge in [-0.2, -0.15) is 17.6 Å². The zero-order valence-corrected chi connectivity index (χ0v) is 6.25. The van der Waals surface area contributed by atoms with Crippen LogP contribution in [0.15, 0.2) is 11.1 Å². The second-order valence-corrected chi connectivity index (χ2v) is 5.31. The van der Waals surface area contributed by atoms with Gasteiger partial charge in [0.1, 0.15) is 0 Å². The Morgan fingerprint density at radius 2 is 1.38 bits per heavy atom. The summed E-state index contributed by atoms with van der Waals surface area (Å²) in [7, 11) is -10.5. The molecule has 0 amide bonds. The van der Waals surface area contributed by atoms with Crippen molar-refractivity contribution in [3.63, 3.8) is 0 Å². The van der Waals surface area contributed by atoms with E-state index in [1.54, 1.807) is 0 Å². The molecule has 0 aromatic heterocycles. The van der Waals surface area contributed by atoms with Gasteiger partial charge in [0.25, 0.3) is 15.0 Å². The van der Waals surface area contributed by atoms with Crippen molar-refractivity contribution < 1.29 is 33.1 Å². The maximum absolute atomic E-state index is 12.0. The van der Waals surface area contributed by atoms with Crippen LogP contribution in [-0.2, 0) is 0 Å². The molecule has 1 nitrogen and oxygen atoms in total. The fourth-order valence-electron chi connectivity index (χ4n) is 0.572. The van der Waals surface area contributed by atoms with E-state index in [1.165, 1.54) is 0 Å². The molecule has 0 unspecified atom stereocenters. The van der Waals surface area contributed by atoms with Gasteiger partial charge in [0.2, 0.25) is 5.95 Å². The fraction of sp³-hybridized carbons (Fsp3) is 0.333. The first-order valence-electron chi connectivity index (χ1n) is 2.53. The summed E-state index contributed by atoms with van der Waals surface area (Å²) in [5.41, 5.74) is 0. The summed E-state index contributed by atoms with van der Waals surface area (Å²) in [6, 6.07) is 0. The molecule has 80 valence electrons. The van der Waals surface area contributed by atoms with E-state index in [4.69, 9.17) is 0 Å². The van der Waals surface area contributed by atoms with E-state index in [2.05, 4.69) is 0 Å². The molecule has 0 spiro atoms. The molecule has 0 fully saturated rings. The van der Waals surface area contributed by atoms with Gasteiger partial charge in [-0.25, -0.2) is 0 Å². The minimum atomic E-state index is -10.5. The highest BCUT2D eigenvalue weighted by atomic mass is 32.5. The Labute approximate surface area is 65.8 Å². The first-order valence-corrected chi connectivity index (χ1v) is 4.58. The van der Waals surface area contributed by atoms with Gasteiger partial charge in [-0.05, 0) is 0 Å². The molecule has 0 atom stereocenters. The molecule has 1 aliphatic heterocycles. The third-order valence-electron chi connectivity index (χ3n) is 1.30. The van der Waals surface area contributed by atoms with Gasteiger partial charge in [0.05, 0.1) is 0 Å². The van der Waals surface area contributed by atoms with Crippen molar-refractivity contribution in [1.29, 1.82) is 0 Å². The number of halogens is 8. The average Bonchev–Trinajstić information content (AvgIpc) is 1.88. The monoisotopic (exact) mass is 235 g/mol. The number of nitrogens with one attached hydrogen (secondary N) is 1. The van der Waals surface area contributed by atoms with E-state index in [-0.39, 0.29) is 5.32 Å². The van der Waals surface area contributed by atoms with Crippen LogP contribution >= 0.6 is 9.84 Å². The van der Waals surface area contributed by atoms with Gasteiger partial charge in [0, 0.05) is 0 Å². The Hall–Kier alpha value is -0.670. The quantitative estimate of drug-likeness (QED) is 0.499. The van der Waals surface area contributed by atoms with Gasteiger partial charge in [-0.15, -0.1) is 15.5 Å². The molecule has 1 aliphatic rings. The molecule has 1 N–H and O–H groups in total. The van der Waals surface area contributed by atoms with Crippen LogP contribution < -0.4 is 5.32 Å². The summed E-state index contributed by atoms with van der Waals surface area (Å²) in [5.74, 6) is -3.04. The second kappa shape index (κ2) is 1.62. The lowest BCUT2D eigenvalue weighted by molar-refractivity contribution is 0.0338. The number of hydrogen-bond acceptors (Lipinski definition) is 1. The highest BCUT2D eigenvalue weighted by Gasteiger charge is 2.90. The van der Waals surface area contributed by atoms with Gasteiger partial charge >= 0.3 is 5.38 Å². The minimum Gasteiger partial charge on any atom is -0.285 e. The number of rotatable bonds is 0. The largest absolute Gasteiger partial charge is 0.442 e. The summed E-state index contributed by atoms with van der Waals surface area (Å²) in [6.45, 7) is 0. The molecule has 1 rings (SSSR count). The Morgan fingerprint density at radius 1 is 1.00 bits per heavy atom. The standard InChI is InChI=1S/C3HF8NS/c4-1-2(5)13(8,9,10,11)3(6,7)12-1/h12H. The fourth-order valence-corrected chi connectivity index (χ4v) is 1.50. The Morgan fingerprint density at radius 3 is 1.46 bits per heavy atom. The zero-order valence-electron chi connectivity index (χ0n) is 5.43. The van der Waals surface area contributed by atoms with Crippen LogP contribution in [0.25, 0.3) is 0 Å². The van der Waals surface area contributed by atoms with Crippen molar-refractivity contribution in [2.24, 2.45) is 0 Å². The van der Waals surface area contributed by atoms with Crippen molar-refractivity contribution in [3.05, 3.63) is 11.1 Å². The van der Waals surface area contributed by atoms with Gasteiger partial charge in [-0.3, -0.25) is 5.32 Å². The third-order valence-corrected chi connectivity index (χ3v) is 3.34. The van der Waals surface area contributed by atoms with Gasteiger partial charge in [0.15, 0.2) is 0 Å². The lowest BCUT2D eigenvalue weighted by atomic mass is 10.9. The van der Waals surface area contributed by atoms with Crippen molar-refractivity contribution in [3.8, 4) is 0 Å². The van der Waals surface area contributed by atoms with Crippen LogP contribution in [0, 0.1) is 0 Å². The molecule has 0 saturated heterocycles. The van der Waals surface area contributed by atoms with Crippen molar-refractivity contribution in [1.82, 2.24) is 5.32 Å². The Kier molecular flexibility index (Phi) is 1.30. The average molecular weight is 235 g/mol. The predicted octanol–water partition coefficient (Wildman–Crippen LogP) is 3.62. The highest BCUT2D eigenvalue weighted by Crippen LogP contribution is 3.08. The van der Waals surface area contributed by atoms with Crippen molar-refractivity contribution >= 4 is 9.84 Å². The molecule has 10 heteroatoms. The SMILES string of the molecule is FC1=C(F)S(F)(F)(F)(F)C(F)(F)N1. The molecule has 13 heavy (non-hydrogen) atoms. The van der Waals surface area contributed by atoms with Crippen LogP contribution in [0.1, 0.15) is 0 Å². The van der Waals surface area contributed by atoms with E-state index < -0.39 is 26.3 Å². The molecule has 0 saturated carbocycles. The minimum absolute atomic E-state index is 0.229. The van der Waals surface area contributed by atoms with Crippen LogP contribution in [0.3, 0.4) is 0 Å². The van der Waals surface area contributed by atoms with Crippen LogP contribution in [0.4, 0.5) is 33.1 Å². The van der Waals surface area contributed by atoms with E-state index in [9.17, 15) is 33.1 Å². The molecule has 0 aromatic rings. The van der Waals surface area contributed by atoms with E-state index in [0.29, 0.717) is 0 Å². The van der Waals surface area contributed by atoms with Crippen LogP contribution in [0.2, 0.25) is 0 Å². The summed E-state index contributed by atoms with van der Waals surface area (Å²) in [6.07, 6.45) is 0. The molecule has 0 aromatic carbocycles. The maximum atomic E-state index is 12.0. The van der Waals surface area contributed by atoms with E-state index in [0.717, 1.165) is 0 Å². The Balaban J connectivity index is 3.58. The van der Waals surface area contributed by atoms with E-state index >= 15 is 0 Å². The Bertz CT molecular complexity index is 309. The smallest absolute Gasteiger partial charge is 0.285 e. The first-order chi connectivity index (χ1) is 5.32. The highest BCUT2D eigenvalue weighted by molar-refractivity contribution is 8.53. The molecule has 0 bridgehead atoms. The number of hydrogen-bond donors (Lipinski definition) is 1. The molecular weight excluding hydrogens is 234 g/mol. The summed E-state index contributed by atoms with van der Waals surface area (Å²) >= 11 is 0. The first kappa shape index (κ1) is 10.4. The van der Waals surface area contributed by atoms with Crippen molar-refractivity contribution in [2.75, 3.05) is 0 Å². The second-order valence-electron chi connectivity index (χ2n) is 2.30. The maximum Gasteiger partial charge on any atom is 0.442 e. The lowest BCUT2D eigenvalue weighted by Crippen LogP contribution is -2.41. The lowest BCUT2D eigenvalue weighted by Gasteiger charge is -2.47. The van der Waals surface area contributed by atoms with Gasteiger partial charge < -0.3 is 0 Å². The summed E-state index contributed by atoms with van der Waals surface area (Å²) < 4.78 is 95.6. The zero-order chi connectivity index (χ0) is 10.8. The normalized spacial score (nSPS) is 38.2.